The number of benzene rings is 7. The number of fused-ring (bicyclic) bond motifs is 8. The second kappa shape index (κ2) is 12.8. The number of hydrogen-bond donors (Lipinski definition) is 1. The van der Waals surface area contributed by atoms with Gasteiger partial charge in [0.2, 0.25) is 0 Å². The van der Waals surface area contributed by atoms with Gasteiger partial charge in [0.1, 0.15) is 0 Å². The van der Waals surface area contributed by atoms with Crippen LogP contribution in [0.3, 0.4) is 0 Å². The molecular formula is C48H32N2S2. The second-order valence-electron chi connectivity index (χ2n) is 13.2. The van der Waals surface area contributed by atoms with E-state index in [-0.39, 0.29) is 0 Å². The molecule has 8 aromatic rings. The van der Waals surface area contributed by atoms with Crippen LogP contribution in [0.1, 0.15) is 22.3 Å². The lowest BCUT2D eigenvalue weighted by molar-refractivity contribution is 0.667. The van der Waals surface area contributed by atoms with Gasteiger partial charge in [-0.2, -0.15) is 0 Å². The molecule has 0 amide bonds. The van der Waals surface area contributed by atoms with Gasteiger partial charge in [0.05, 0.1) is 11.1 Å². The van der Waals surface area contributed by atoms with Crippen LogP contribution in [-0.4, -0.2) is 4.98 Å². The van der Waals surface area contributed by atoms with Crippen molar-refractivity contribution in [3.8, 4) is 33.5 Å². The van der Waals surface area contributed by atoms with E-state index in [0.29, 0.717) is 0 Å². The predicted octanol–water partition coefficient (Wildman–Crippen LogP) is 13.1. The van der Waals surface area contributed by atoms with Crippen LogP contribution in [0.15, 0.2) is 208 Å². The minimum Gasteiger partial charge on any atom is -0.355 e. The first-order valence-corrected chi connectivity index (χ1v) is 19.2. The molecule has 52 heavy (non-hydrogen) atoms. The summed E-state index contributed by atoms with van der Waals surface area (Å²) in [5.74, 6) is 0. The second-order valence-corrected chi connectivity index (χ2v) is 15.4. The molecule has 4 heteroatoms. The topological polar surface area (TPSA) is 24.9 Å². The van der Waals surface area contributed by atoms with Gasteiger partial charge in [-0.1, -0.05) is 145 Å². The van der Waals surface area contributed by atoms with Crippen LogP contribution in [0.5, 0.6) is 0 Å². The van der Waals surface area contributed by atoms with E-state index in [1.807, 2.05) is 35.8 Å². The maximum atomic E-state index is 4.70. The zero-order valence-electron chi connectivity index (χ0n) is 28.2. The highest BCUT2D eigenvalue weighted by Gasteiger charge is 2.48. The number of nitrogens with zero attached hydrogens (tertiary/aromatic N) is 1. The van der Waals surface area contributed by atoms with Crippen molar-refractivity contribution in [3.63, 3.8) is 0 Å². The summed E-state index contributed by atoms with van der Waals surface area (Å²) in [7, 11) is 0. The summed E-state index contributed by atoms with van der Waals surface area (Å²) >= 11 is 3.75. The molecular weight excluding hydrogens is 669 g/mol. The van der Waals surface area contributed by atoms with Crippen molar-refractivity contribution < 1.29 is 0 Å². The van der Waals surface area contributed by atoms with Gasteiger partial charge < -0.3 is 5.32 Å². The molecule has 246 valence electrons. The highest BCUT2D eigenvalue weighted by atomic mass is 32.2. The molecule has 2 aliphatic rings. The fourth-order valence-corrected chi connectivity index (χ4v) is 10.3. The molecule has 1 spiro atoms. The molecule has 0 atom stereocenters. The third-order valence-corrected chi connectivity index (χ3v) is 12.5. The average molecular weight is 701 g/mol. The Labute approximate surface area is 312 Å². The van der Waals surface area contributed by atoms with E-state index in [2.05, 4.69) is 181 Å². The Balaban J connectivity index is 1.20. The summed E-state index contributed by atoms with van der Waals surface area (Å²) in [6.07, 6.45) is 1.87. The third-order valence-electron chi connectivity index (χ3n) is 10.2. The molecule has 2 nitrogen and oxygen atoms in total. The molecule has 1 aromatic heterocycles. The van der Waals surface area contributed by atoms with Crippen LogP contribution in [0.2, 0.25) is 0 Å². The van der Waals surface area contributed by atoms with E-state index < -0.39 is 5.41 Å². The molecule has 2 aliphatic heterocycles. The first-order chi connectivity index (χ1) is 25.8. The summed E-state index contributed by atoms with van der Waals surface area (Å²) in [5.41, 5.74) is 13.8. The molecule has 1 N–H and O–H groups in total. The van der Waals surface area contributed by atoms with Gasteiger partial charge in [-0.15, -0.1) is 0 Å². The fraction of sp³-hybridized carbons (Fsp3) is 0.0208. The number of aromatic nitrogens is 1. The number of rotatable bonds is 5. The monoisotopic (exact) mass is 700 g/mol. The molecule has 0 unspecified atom stereocenters. The minimum absolute atomic E-state index is 0.498. The highest BCUT2D eigenvalue weighted by Crippen LogP contribution is 2.62. The summed E-state index contributed by atoms with van der Waals surface area (Å²) in [6.45, 7) is 0. The van der Waals surface area contributed by atoms with Crippen molar-refractivity contribution >= 4 is 34.9 Å². The predicted molar refractivity (Wildman–Crippen MR) is 217 cm³/mol. The lowest BCUT2D eigenvalue weighted by atomic mass is 9.64. The van der Waals surface area contributed by atoms with Crippen LogP contribution < -0.4 is 5.32 Å². The Morgan fingerprint density at radius 3 is 1.75 bits per heavy atom. The lowest BCUT2D eigenvalue weighted by Crippen LogP contribution is -2.36. The quantitative estimate of drug-likeness (QED) is 0.193. The minimum atomic E-state index is -0.498. The molecule has 0 radical (unpaired) electrons. The summed E-state index contributed by atoms with van der Waals surface area (Å²) < 4.78 is 0. The third kappa shape index (κ3) is 5.10. The molecule has 3 heterocycles. The summed E-state index contributed by atoms with van der Waals surface area (Å²) in [6, 6.07) is 66.1. The van der Waals surface area contributed by atoms with E-state index in [1.165, 1.54) is 64.1 Å². The van der Waals surface area contributed by atoms with Gasteiger partial charge in [-0.25, -0.2) is 0 Å². The fourth-order valence-electron chi connectivity index (χ4n) is 7.91. The number of pyridine rings is 1. The maximum absolute atomic E-state index is 4.70. The van der Waals surface area contributed by atoms with Gasteiger partial charge in [-0.05, 0) is 99.6 Å². The average Bonchev–Trinajstić information content (AvgIpc) is 3.21. The smallest absolute Gasteiger partial charge is 0.0745 e. The van der Waals surface area contributed by atoms with Crippen molar-refractivity contribution in [3.05, 3.63) is 210 Å². The normalized spacial score (nSPS) is 13.4. The van der Waals surface area contributed by atoms with Crippen LogP contribution >= 0.6 is 23.5 Å². The first kappa shape index (κ1) is 31.0. The first-order valence-electron chi connectivity index (χ1n) is 17.5. The number of para-hydroxylation sites is 1. The van der Waals surface area contributed by atoms with E-state index in [4.69, 9.17) is 4.98 Å². The molecule has 0 fully saturated rings. The Hall–Kier alpha value is -5.81. The van der Waals surface area contributed by atoms with Crippen molar-refractivity contribution in [2.75, 3.05) is 5.32 Å². The van der Waals surface area contributed by atoms with Gasteiger partial charge in [0.15, 0.2) is 0 Å². The summed E-state index contributed by atoms with van der Waals surface area (Å²) in [4.78, 5) is 9.84. The van der Waals surface area contributed by atoms with E-state index in [9.17, 15) is 0 Å². The molecule has 0 aliphatic carbocycles. The van der Waals surface area contributed by atoms with Gasteiger partial charge in [0, 0.05) is 48.3 Å². The van der Waals surface area contributed by atoms with Gasteiger partial charge >= 0.3 is 0 Å². The Kier molecular flexibility index (Phi) is 7.59. The molecule has 0 bridgehead atoms. The van der Waals surface area contributed by atoms with E-state index in [0.717, 1.165) is 22.6 Å². The van der Waals surface area contributed by atoms with Crippen LogP contribution in [0.25, 0.3) is 33.5 Å². The SMILES string of the molecule is c1ccc(Nc2cc(-c3ccc4c(c3)C3(c5ccccc5Sc5ccccc53)c3ccc(-c5ccccn5)cc3S4)ccc2-c2ccccc2)cc1. The highest BCUT2D eigenvalue weighted by molar-refractivity contribution is 8.00. The Morgan fingerprint density at radius 2 is 1.00 bits per heavy atom. The molecule has 10 rings (SSSR count). The summed E-state index contributed by atoms with van der Waals surface area (Å²) in [5, 5.41) is 3.75. The van der Waals surface area contributed by atoms with E-state index >= 15 is 0 Å². The maximum Gasteiger partial charge on any atom is 0.0745 e. The zero-order chi connectivity index (χ0) is 34.5. The van der Waals surface area contributed by atoms with Crippen LogP contribution in [0, 0.1) is 0 Å². The standard InChI is InChI=1S/C48H32N2S2/c1-3-13-32(14-4-1)37-25-22-34(30-43(37)50-36-15-5-2-6-16-36)33-24-27-46-41(29-33)48(38-17-7-9-20-44(38)51-45-21-10-8-18-39(45)48)40-26-23-35(31-47(40)52-46)42-19-11-12-28-49-42/h1-31,50H. The Bertz CT molecular complexity index is 2560. The van der Waals surface area contributed by atoms with Gasteiger partial charge in [0.25, 0.3) is 0 Å². The van der Waals surface area contributed by atoms with Crippen molar-refractivity contribution in [2.45, 2.75) is 25.0 Å². The number of hydrogen-bond acceptors (Lipinski definition) is 4. The van der Waals surface area contributed by atoms with Crippen molar-refractivity contribution in [1.29, 1.82) is 0 Å². The van der Waals surface area contributed by atoms with Gasteiger partial charge in [-0.3, -0.25) is 4.98 Å². The van der Waals surface area contributed by atoms with Crippen LogP contribution in [-0.2, 0) is 5.41 Å². The van der Waals surface area contributed by atoms with Crippen molar-refractivity contribution in [2.24, 2.45) is 0 Å². The lowest BCUT2D eigenvalue weighted by Gasteiger charge is -2.45. The molecule has 0 saturated carbocycles. The van der Waals surface area contributed by atoms with E-state index in [1.54, 1.807) is 0 Å². The number of anilines is 2. The van der Waals surface area contributed by atoms with Crippen molar-refractivity contribution in [1.82, 2.24) is 4.98 Å². The Morgan fingerprint density at radius 1 is 0.404 bits per heavy atom. The molecule has 0 saturated heterocycles. The number of nitrogens with one attached hydrogen (secondary N) is 1. The molecule has 7 aromatic carbocycles. The largest absolute Gasteiger partial charge is 0.355 e. The zero-order valence-corrected chi connectivity index (χ0v) is 29.8. The van der Waals surface area contributed by atoms with Crippen LogP contribution in [0.4, 0.5) is 11.4 Å².